The Morgan fingerprint density at radius 3 is 2.20 bits per heavy atom. The van der Waals surface area contributed by atoms with Gasteiger partial charge in [0.2, 0.25) is 11.8 Å². The summed E-state index contributed by atoms with van der Waals surface area (Å²) in [6.07, 6.45) is 0.00346. The molecule has 9 heteroatoms. The minimum absolute atomic E-state index is 0.00346. The minimum atomic E-state index is -0.620. The highest BCUT2D eigenvalue weighted by atomic mass is 35.5. The Morgan fingerprint density at radius 1 is 0.850 bits per heavy atom. The van der Waals surface area contributed by atoms with Crippen LogP contribution in [0.4, 0.5) is 11.4 Å². The summed E-state index contributed by atoms with van der Waals surface area (Å²) in [5, 5.41) is 3.21. The van der Waals surface area contributed by atoms with E-state index < -0.39 is 5.92 Å². The molecule has 5 rings (SSSR count). The summed E-state index contributed by atoms with van der Waals surface area (Å²) in [4.78, 5) is 53.4. The van der Waals surface area contributed by atoms with Gasteiger partial charge in [0.1, 0.15) is 0 Å². The summed E-state index contributed by atoms with van der Waals surface area (Å²) >= 11 is 6.19. The first-order chi connectivity index (χ1) is 19.2. The van der Waals surface area contributed by atoms with Crippen molar-refractivity contribution in [2.45, 2.75) is 20.3 Å². The van der Waals surface area contributed by atoms with Crippen LogP contribution in [0.15, 0.2) is 84.9 Å². The van der Waals surface area contributed by atoms with E-state index in [1.807, 2.05) is 32.0 Å². The molecule has 3 aromatic carbocycles. The van der Waals surface area contributed by atoms with Crippen LogP contribution in [0.1, 0.15) is 44.1 Å². The van der Waals surface area contributed by atoms with E-state index in [1.54, 1.807) is 71.4 Å². The molecule has 202 valence electrons. The van der Waals surface area contributed by atoms with E-state index in [2.05, 4.69) is 10.7 Å². The van der Waals surface area contributed by atoms with E-state index in [4.69, 9.17) is 11.6 Å². The highest BCUT2D eigenvalue weighted by Crippen LogP contribution is 2.32. The number of rotatable bonds is 7. The van der Waals surface area contributed by atoms with Crippen molar-refractivity contribution < 1.29 is 19.2 Å². The summed E-state index contributed by atoms with van der Waals surface area (Å²) in [5.74, 6) is -1.74. The molecule has 3 amide bonds. The monoisotopic (exact) mass is 554 g/mol. The second-order valence-corrected chi connectivity index (χ2v) is 10.2. The fourth-order valence-electron chi connectivity index (χ4n) is 4.75. The summed E-state index contributed by atoms with van der Waals surface area (Å²) in [6.45, 7) is 3.92. The van der Waals surface area contributed by atoms with E-state index in [9.17, 15) is 19.2 Å². The van der Waals surface area contributed by atoms with Crippen LogP contribution in [0.25, 0.3) is 0 Å². The van der Waals surface area contributed by atoms with Gasteiger partial charge in [0.05, 0.1) is 11.6 Å². The number of benzene rings is 3. The lowest BCUT2D eigenvalue weighted by molar-refractivity contribution is -0.122. The second-order valence-electron chi connectivity index (χ2n) is 9.72. The lowest BCUT2D eigenvalue weighted by Gasteiger charge is -2.20. The van der Waals surface area contributed by atoms with Crippen molar-refractivity contribution in [2.24, 2.45) is 5.92 Å². The molecule has 0 spiro atoms. The lowest BCUT2D eigenvalue weighted by Crippen LogP contribution is -2.29. The van der Waals surface area contributed by atoms with Crippen LogP contribution >= 0.6 is 11.6 Å². The first-order valence-electron chi connectivity index (χ1n) is 12.8. The maximum absolute atomic E-state index is 13.2. The zero-order valence-corrected chi connectivity index (χ0v) is 22.7. The van der Waals surface area contributed by atoms with Crippen molar-refractivity contribution in [2.75, 3.05) is 22.2 Å². The molecule has 0 bridgehead atoms. The zero-order chi connectivity index (χ0) is 28.4. The molecule has 4 aromatic rings. The highest BCUT2D eigenvalue weighted by Gasteiger charge is 2.37. The molecule has 1 aliphatic heterocycles. The van der Waals surface area contributed by atoms with Gasteiger partial charge in [-0.2, -0.15) is 0 Å². The number of halogens is 1. The zero-order valence-electron chi connectivity index (χ0n) is 22.0. The van der Waals surface area contributed by atoms with Gasteiger partial charge in [0, 0.05) is 51.8 Å². The predicted molar refractivity (Wildman–Crippen MR) is 154 cm³/mol. The van der Waals surface area contributed by atoms with Crippen molar-refractivity contribution >= 4 is 46.5 Å². The highest BCUT2D eigenvalue weighted by molar-refractivity contribution is 6.31. The molecule has 1 atom stereocenters. The number of amides is 3. The normalized spacial score (nSPS) is 14.7. The van der Waals surface area contributed by atoms with Crippen molar-refractivity contribution in [3.05, 3.63) is 118 Å². The Balaban J connectivity index is 1.27. The Morgan fingerprint density at radius 2 is 1.52 bits per heavy atom. The topological polar surface area (TPSA) is 101 Å². The number of nitrogens with zero attached hydrogens (tertiary/aromatic N) is 2. The Bertz CT molecular complexity index is 1590. The quantitative estimate of drug-likeness (QED) is 0.300. The number of carbonyl (C=O) groups excluding carboxylic acids is 4. The van der Waals surface area contributed by atoms with Crippen LogP contribution in [0, 0.1) is 19.8 Å². The minimum Gasteiger partial charge on any atom is -0.326 e. The van der Waals surface area contributed by atoms with Gasteiger partial charge in [-0.15, -0.1) is 0 Å². The van der Waals surface area contributed by atoms with Crippen LogP contribution in [0.3, 0.4) is 0 Å². The third-order valence-corrected chi connectivity index (χ3v) is 7.16. The maximum Gasteiger partial charge on any atom is 0.270 e. The van der Waals surface area contributed by atoms with Gasteiger partial charge in [0.15, 0.2) is 5.78 Å². The van der Waals surface area contributed by atoms with Gasteiger partial charge < -0.3 is 10.2 Å². The number of aryl methyl sites for hydroxylation is 2. The van der Waals surface area contributed by atoms with Crippen LogP contribution in [0.2, 0.25) is 5.02 Å². The number of hydrogen-bond acceptors (Lipinski definition) is 4. The van der Waals surface area contributed by atoms with Crippen LogP contribution in [-0.4, -0.2) is 34.7 Å². The smallest absolute Gasteiger partial charge is 0.270 e. The number of aromatic nitrogens is 1. The molecule has 40 heavy (non-hydrogen) atoms. The maximum atomic E-state index is 13.2. The Kier molecular flexibility index (Phi) is 7.53. The number of hydrogen-bond donors (Lipinski definition) is 2. The molecule has 8 nitrogen and oxygen atoms in total. The molecule has 2 N–H and O–H groups in total. The average molecular weight is 555 g/mol. The largest absolute Gasteiger partial charge is 0.326 e. The number of anilines is 2. The molecule has 0 radical (unpaired) electrons. The van der Waals surface area contributed by atoms with E-state index in [1.165, 1.54) is 4.90 Å². The van der Waals surface area contributed by atoms with Gasteiger partial charge in [-0.1, -0.05) is 41.9 Å². The van der Waals surface area contributed by atoms with Gasteiger partial charge >= 0.3 is 0 Å². The van der Waals surface area contributed by atoms with Gasteiger partial charge in [-0.25, -0.2) is 0 Å². The third kappa shape index (κ3) is 5.53. The van der Waals surface area contributed by atoms with E-state index in [0.29, 0.717) is 33.1 Å². The predicted octanol–water partition coefficient (Wildman–Crippen LogP) is 5.36. The molecule has 2 heterocycles. The first kappa shape index (κ1) is 26.9. The molecule has 1 aromatic heterocycles. The van der Waals surface area contributed by atoms with Crippen LogP contribution < -0.4 is 15.6 Å². The van der Waals surface area contributed by atoms with Crippen molar-refractivity contribution in [3.63, 3.8) is 0 Å². The second kappa shape index (κ2) is 11.2. The van der Waals surface area contributed by atoms with Gasteiger partial charge in [-0.05, 0) is 68.4 Å². The van der Waals surface area contributed by atoms with Gasteiger partial charge in [0.25, 0.3) is 5.91 Å². The van der Waals surface area contributed by atoms with E-state index in [-0.39, 0.29) is 36.5 Å². The van der Waals surface area contributed by atoms with Crippen molar-refractivity contribution in [3.8, 4) is 0 Å². The standard InChI is InChI=1S/C31H27ClN4O4/c1-19-8-9-20(2)36(19)34-31(40)22-10-13-25(14-11-22)33-30(39)23-16-28(37)35(18-23)27-15-12-24(32)17-26(27)29(38)21-6-4-3-5-7-21/h3-15,17,23H,16,18H2,1-2H3,(H,33,39)(H,34,40)/t23-/m1/s1. The molecule has 1 saturated heterocycles. The molecule has 1 aliphatic rings. The van der Waals surface area contributed by atoms with Crippen molar-refractivity contribution in [1.29, 1.82) is 0 Å². The molecular formula is C31H27ClN4O4. The number of nitrogens with one attached hydrogen (secondary N) is 2. The Labute approximate surface area is 236 Å². The third-order valence-electron chi connectivity index (χ3n) is 6.92. The molecule has 0 aliphatic carbocycles. The summed E-state index contributed by atoms with van der Waals surface area (Å²) in [5.41, 5.74) is 6.80. The molecule has 0 unspecified atom stereocenters. The SMILES string of the molecule is Cc1ccc(C)n1NC(=O)c1ccc(NC(=O)[C@@H]2CC(=O)N(c3ccc(Cl)cc3C(=O)c3ccccc3)C2)cc1. The summed E-state index contributed by atoms with van der Waals surface area (Å²) < 4.78 is 1.71. The fourth-order valence-corrected chi connectivity index (χ4v) is 4.92. The van der Waals surface area contributed by atoms with Gasteiger partial charge in [-0.3, -0.25) is 29.3 Å². The van der Waals surface area contributed by atoms with Crippen LogP contribution in [0.5, 0.6) is 0 Å². The first-order valence-corrected chi connectivity index (χ1v) is 13.2. The van der Waals surface area contributed by atoms with E-state index >= 15 is 0 Å². The molecule has 1 fully saturated rings. The molecule has 0 saturated carbocycles. The average Bonchev–Trinajstić information content (AvgIpc) is 3.50. The summed E-state index contributed by atoms with van der Waals surface area (Å²) in [6, 6.07) is 23.9. The molecular weight excluding hydrogens is 528 g/mol. The Hall–Kier alpha value is -4.69. The van der Waals surface area contributed by atoms with Crippen LogP contribution in [-0.2, 0) is 9.59 Å². The number of carbonyl (C=O) groups is 4. The lowest BCUT2D eigenvalue weighted by atomic mass is 10.0. The number of ketones is 1. The van der Waals surface area contributed by atoms with Crippen molar-refractivity contribution in [1.82, 2.24) is 4.68 Å². The summed E-state index contributed by atoms with van der Waals surface area (Å²) in [7, 11) is 0. The van der Waals surface area contributed by atoms with E-state index in [0.717, 1.165) is 11.4 Å². The fraction of sp³-hybridized carbons (Fsp3) is 0.161.